The van der Waals surface area contributed by atoms with Crippen LogP contribution in [0.25, 0.3) is 0 Å². The van der Waals surface area contributed by atoms with E-state index < -0.39 is 24.3 Å². The molecule has 0 amide bonds. The molecule has 0 aromatic rings. The highest BCUT2D eigenvalue weighted by Gasteiger charge is 2.22. The maximum atomic E-state index is 12.9. The molecule has 0 fully saturated rings. The minimum Gasteiger partial charge on any atom is -0.545 e. The molecule has 0 aromatic carbocycles. The number of likely N-dealkylation sites (N-methyl/N-ethyl adjacent to an activating group) is 1. The van der Waals surface area contributed by atoms with Gasteiger partial charge in [-0.05, 0) is 116 Å². The largest absolute Gasteiger partial charge is 0.545 e. The molecule has 9 heteroatoms. The lowest BCUT2D eigenvalue weighted by Crippen LogP contribution is -2.44. The average molecular weight is 1150 g/mol. The highest BCUT2D eigenvalue weighted by atomic mass is 16.7. The first kappa shape index (κ1) is 78.4. The zero-order valence-corrected chi connectivity index (χ0v) is 53.8. The van der Waals surface area contributed by atoms with Gasteiger partial charge in [0.05, 0.1) is 40.3 Å². The lowest BCUT2D eigenvalue weighted by atomic mass is 10.0. The number of ether oxygens (including phenoxy) is 4. The Morgan fingerprint density at radius 2 is 0.687 bits per heavy atom. The molecule has 0 N–H and O–H groups in total. The van der Waals surface area contributed by atoms with Crippen LogP contribution in [0, 0.1) is 0 Å². The maximum Gasteiger partial charge on any atom is 0.306 e. The van der Waals surface area contributed by atoms with Crippen LogP contribution in [0.2, 0.25) is 0 Å². The van der Waals surface area contributed by atoms with Crippen molar-refractivity contribution in [3.8, 4) is 0 Å². The summed E-state index contributed by atoms with van der Waals surface area (Å²) in [7, 11) is 5.92. The van der Waals surface area contributed by atoms with Crippen LogP contribution in [0.4, 0.5) is 0 Å². The minimum absolute atomic E-state index is 0.141. The lowest BCUT2D eigenvalue weighted by Gasteiger charge is -2.26. The SMILES string of the molecule is CC/C=C\C/C=C\C/C=C\C/C=C\C/C=C\C/C=C\C/C=C\C/C=C\C/C=C\C/C=C\CCCCCCCCCCCCC(=O)OC(COC(=O)CCCCCCCCC/C=C\CCCCCCCC)COC(OCC[N+](C)(C)C)C(=O)[O-]. The molecule has 0 heterocycles. The van der Waals surface area contributed by atoms with E-state index in [1.807, 2.05) is 21.1 Å². The van der Waals surface area contributed by atoms with Crippen LogP contribution in [-0.4, -0.2) is 82.3 Å². The van der Waals surface area contributed by atoms with Crippen molar-refractivity contribution in [3.63, 3.8) is 0 Å². The molecule has 83 heavy (non-hydrogen) atoms. The Hall–Kier alpha value is -4.57. The molecule has 2 atom stereocenters. The summed E-state index contributed by atoms with van der Waals surface area (Å²) in [5, 5.41) is 11.8. The van der Waals surface area contributed by atoms with E-state index in [0.29, 0.717) is 17.4 Å². The number of quaternary nitrogens is 1. The summed E-state index contributed by atoms with van der Waals surface area (Å²) >= 11 is 0. The number of rotatable bonds is 60. The summed E-state index contributed by atoms with van der Waals surface area (Å²) in [5.41, 5.74) is 0. The van der Waals surface area contributed by atoms with Crippen LogP contribution in [0.1, 0.15) is 258 Å². The van der Waals surface area contributed by atoms with Gasteiger partial charge in [-0.1, -0.05) is 263 Å². The Kier molecular flexibility index (Phi) is 60.0. The summed E-state index contributed by atoms with van der Waals surface area (Å²) in [4.78, 5) is 37.4. The summed E-state index contributed by atoms with van der Waals surface area (Å²) in [6.07, 6.45) is 88.0. The number of nitrogens with zero attached hydrogens (tertiary/aromatic N) is 1. The van der Waals surface area contributed by atoms with E-state index in [0.717, 1.165) is 122 Å². The molecule has 0 aromatic heterocycles. The van der Waals surface area contributed by atoms with Gasteiger partial charge in [-0.3, -0.25) is 9.59 Å². The van der Waals surface area contributed by atoms with Gasteiger partial charge >= 0.3 is 11.9 Å². The summed E-state index contributed by atoms with van der Waals surface area (Å²) in [6, 6.07) is 0. The Bertz CT molecular complexity index is 1820. The number of hydrogen-bond acceptors (Lipinski definition) is 8. The van der Waals surface area contributed by atoms with Gasteiger partial charge in [0.15, 0.2) is 12.4 Å². The van der Waals surface area contributed by atoms with Crippen molar-refractivity contribution >= 4 is 17.9 Å². The average Bonchev–Trinajstić information content (AvgIpc) is 3.46. The number of carbonyl (C=O) groups excluding carboxylic acids is 3. The number of hydrogen-bond donors (Lipinski definition) is 0. The molecule has 472 valence electrons. The standard InChI is InChI=1S/C74H123NO8/c1-6-8-10-12-14-16-18-20-22-24-25-26-27-28-29-30-31-32-33-34-35-36-37-38-39-40-41-42-43-44-45-46-47-49-51-53-55-57-59-61-63-65-72(77)83-70(69-82-74(73(78)79)80-67-66-75(3,4)5)68-81-71(76)64-62-60-58-56-54-52-50-48-23-21-19-17-15-13-11-9-7-2/h8,10,14,16,20-23,25-26,28-29,31-32,34-35,37-38,40-41,43-44,70,74H,6-7,9,11-13,15,17-19,24,27,30,33,36,39,42,45-69H2,1-5H3/b10-8-,16-14-,22-20-,23-21-,26-25-,29-28-,32-31-,35-34-,38-37-,41-40-,44-43-. The highest BCUT2D eigenvalue weighted by molar-refractivity contribution is 5.70. The molecule has 2 unspecified atom stereocenters. The fourth-order valence-corrected chi connectivity index (χ4v) is 8.79. The molecular formula is C74H123NO8. The molecule has 0 aliphatic rings. The van der Waals surface area contributed by atoms with E-state index in [2.05, 4.69) is 148 Å². The van der Waals surface area contributed by atoms with Gasteiger partial charge in [0, 0.05) is 12.8 Å². The van der Waals surface area contributed by atoms with E-state index in [9.17, 15) is 19.5 Å². The van der Waals surface area contributed by atoms with Gasteiger partial charge in [-0.25, -0.2) is 0 Å². The number of carboxylic acids is 1. The van der Waals surface area contributed by atoms with Gasteiger partial charge in [-0.2, -0.15) is 0 Å². The van der Waals surface area contributed by atoms with E-state index in [4.69, 9.17) is 18.9 Å². The topological polar surface area (TPSA) is 111 Å². The zero-order valence-electron chi connectivity index (χ0n) is 53.8. The Morgan fingerprint density at radius 3 is 1.04 bits per heavy atom. The second-order valence-electron chi connectivity index (χ2n) is 23.0. The second-order valence-corrected chi connectivity index (χ2v) is 23.0. The van der Waals surface area contributed by atoms with Crippen LogP contribution >= 0.6 is 0 Å². The molecule has 0 bridgehead atoms. The number of unbranched alkanes of at least 4 members (excludes halogenated alkanes) is 23. The van der Waals surface area contributed by atoms with Crippen molar-refractivity contribution < 1.29 is 42.9 Å². The summed E-state index contributed by atoms with van der Waals surface area (Å²) < 4.78 is 22.7. The third kappa shape index (κ3) is 64.8. The summed E-state index contributed by atoms with van der Waals surface area (Å²) in [5.74, 6) is -2.30. The highest BCUT2D eigenvalue weighted by Crippen LogP contribution is 2.15. The van der Waals surface area contributed by atoms with E-state index >= 15 is 0 Å². The van der Waals surface area contributed by atoms with Gasteiger partial charge in [0.1, 0.15) is 13.2 Å². The quantitative estimate of drug-likeness (QED) is 0.0195. The van der Waals surface area contributed by atoms with Crippen LogP contribution in [-0.2, 0) is 33.3 Å². The van der Waals surface area contributed by atoms with E-state index in [1.54, 1.807) is 0 Å². The third-order valence-corrected chi connectivity index (χ3v) is 13.9. The van der Waals surface area contributed by atoms with Gasteiger partial charge < -0.3 is 33.3 Å². The van der Waals surface area contributed by atoms with Crippen molar-refractivity contribution in [2.45, 2.75) is 270 Å². The van der Waals surface area contributed by atoms with Crippen LogP contribution in [0.5, 0.6) is 0 Å². The number of carbonyl (C=O) groups is 3. The number of aliphatic carboxylic acids is 1. The second kappa shape index (κ2) is 63.5. The van der Waals surface area contributed by atoms with Crippen molar-refractivity contribution in [3.05, 3.63) is 134 Å². The molecule has 0 saturated heterocycles. The first-order chi connectivity index (χ1) is 40.6. The summed E-state index contributed by atoms with van der Waals surface area (Å²) in [6.45, 7) is 4.62. The van der Waals surface area contributed by atoms with E-state index in [1.165, 1.54) is 103 Å². The predicted octanol–water partition coefficient (Wildman–Crippen LogP) is 19.2. The first-order valence-electron chi connectivity index (χ1n) is 33.3. The zero-order chi connectivity index (χ0) is 60.5. The van der Waals surface area contributed by atoms with Crippen LogP contribution in [0.3, 0.4) is 0 Å². The van der Waals surface area contributed by atoms with E-state index in [-0.39, 0.29) is 38.6 Å². The number of allylic oxidation sites excluding steroid dienone is 22. The number of esters is 2. The molecule has 0 aliphatic heterocycles. The monoisotopic (exact) mass is 1150 g/mol. The minimum atomic E-state index is -1.63. The van der Waals surface area contributed by atoms with Crippen LogP contribution in [0.15, 0.2) is 134 Å². The smallest absolute Gasteiger partial charge is 0.306 e. The molecule has 0 saturated carbocycles. The molecule has 9 nitrogen and oxygen atoms in total. The van der Waals surface area contributed by atoms with Gasteiger partial charge in [0.25, 0.3) is 0 Å². The molecular weight excluding hydrogens is 1030 g/mol. The van der Waals surface area contributed by atoms with Crippen molar-refractivity contribution in [2.75, 3.05) is 47.5 Å². The van der Waals surface area contributed by atoms with Crippen LogP contribution < -0.4 is 5.11 Å². The molecule has 0 radical (unpaired) electrons. The van der Waals surface area contributed by atoms with Gasteiger partial charge in [-0.15, -0.1) is 0 Å². The molecule has 0 spiro atoms. The van der Waals surface area contributed by atoms with Crippen molar-refractivity contribution in [1.29, 1.82) is 0 Å². The fraction of sp³-hybridized carbons (Fsp3) is 0.662. The normalized spacial score (nSPS) is 13.6. The number of carboxylic acid groups (broad SMARTS) is 1. The maximum absolute atomic E-state index is 12.9. The van der Waals surface area contributed by atoms with Gasteiger partial charge in [0.2, 0.25) is 0 Å². The predicted molar refractivity (Wildman–Crippen MR) is 352 cm³/mol. The van der Waals surface area contributed by atoms with Crippen molar-refractivity contribution in [2.24, 2.45) is 0 Å². The Balaban J connectivity index is 4.14. The Morgan fingerprint density at radius 1 is 0.373 bits per heavy atom. The molecule has 0 rings (SSSR count). The first-order valence-corrected chi connectivity index (χ1v) is 33.3. The molecule has 0 aliphatic carbocycles. The van der Waals surface area contributed by atoms with Crippen molar-refractivity contribution in [1.82, 2.24) is 0 Å². The Labute approximate surface area is 509 Å². The third-order valence-electron chi connectivity index (χ3n) is 13.9. The lowest BCUT2D eigenvalue weighted by molar-refractivity contribution is -0.870. The fourth-order valence-electron chi connectivity index (χ4n) is 8.79.